The van der Waals surface area contributed by atoms with Crippen molar-refractivity contribution < 1.29 is 0 Å². The highest BCUT2D eigenvalue weighted by molar-refractivity contribution is 7.26. The van der Waals surface area contributed by atoms with Crippen molar-refractivity contribution in [1.29, 1.82) is 0 Å². The minimum atomic E-state index is 1.10. The molecule has 2 heteroatoms. The molecule has 60 heavy (non-hydrogen) atoms. The van der Waals surface area contributed by atoms with Gasteiger partial charge in [0.05, 0.1) is 5.69 Å². The van der Waals surface area contributed by atoms with E-state index in [2.05, 4.69) is 229 Å². The van der Waals surface area contributed by atoms with E-state index in [-0.39, 0.29) is 0 Å². The molecule has 1 heterocycles. The molecular formula is C58H37NS. The lowest BCUT2D eigenvalue weighted by Crippen LogP contribution is -2.11. The number of rotatable bonds is 6. The number of nitrogens with zero attached hydrogens (tertiary/aromatic N) is 1. The van der Waals surface area contributed by atoms with Crippen LogP contribution in [0.25, 0.3) is 96.6 Å². The first kappa shape index (κ1) is 34.5. The number of hydrogen-bond acceptors (Lipinski definition) is 2. The van der Waals surface area contributed by atoms with Crippen LogP contribution in [0, 0.1) is 0 Å². The van der Waals surface area contributed by atoms with Crippen molar-refractivity contribution >= 4 is 91.7 Å². The van der Waals surface area contributed by atoms with Gasteiger partial charge in [0, 0.05) is 36.9 Å². The summed E-state index contributed by atoms with van der Waals surface area (Å²) in [6.45, 7) is 0. The largest absolute Gasteiger partial charge is 0.310 e. The Labute approximate surface area is 352 Å². The average Bonchev–Trinajstić information content (AvgIpc) is 3.71. The van der Waals surface area contributed by atoms with Crippen molar-refractivity contribution in [3.63, 3.8) is 0 Å². The Morgan fingerprint density at radius 1 is 0.300 bits per heavy atom. The van der Waals surface area contributed by atoms with Crippen LogP contribution >= 0.6 is 11.3 Å². The monoisotopic (exact) mass is 779 g/mol. The molecule has 0 aliphatic carbocycles. The molecule has 0 unspecified atom stereocenters. The van der Waals surface area contributed by atoms with Gasteiger partial charge >= 0.3 is 0 Å². The summed E-state index contributed by atoms with van der Waals surface area (Å²) < 4.78 is 2.63. The summed E-state index contributed by atoms with van der Waals surface area (Å²) in [5.74, 6) is 0. The zero-order chi connectivity index (χ0) is 39.6. The molecule has 1 aromatic heterocycles. The maximum atomic E-state index is 2.48. The Hall–Kier alpha value is -7.52. The maximum absolute atomic E-state index is 2.48. The van der Waals surface area contributed by atoms with Crippen LogP contribution < -0.4 is 4.90 Å². The quantitative estimate of drug-likeness (QED) is 0.152. The molecule has 0 amide bonds. The zero-order valence-electron chi connectivity index (χ0n) is 32.7. The summed E-state index contributed by atoms with van der Waals surface area (Å²) in [7, 11) is 0. The highest BCUT2D eigenvalue weighted by Crippen LogP contribution is 2.49. The van der Waals surface area contributed by atoms with Gasteiger partial charge < -0.3 is 4.90 Å². The van der Waals surface area contributed by atoms with Gasteiger partial charge in [-0.05, 0) is 107 Å². The lowest BCUT2D eigenvalue weighted by atomic mass is 9.85. The van der Waals surface area contributed by atoms with Gasteiger partial charge in [-0.25, -0.2) is 0 Å². The van der Waals surface area contributed by atoms with E-state index < -0.39 is 0 Å². The van der Waals surface area contributed by atoms with Gasteiger partial charge in [-0.3, -0.25) is 0 Å². The fourth-order valence-electron chi connectivity index (χ4n) is 9.56. The minimum Gasteiger partial charge on any atom is -0.310 e. The predicted molar refractivity (Wildman–Crippen MR) is 260 cm³/mol. The molecule has 1 nitrogen and oxygen atoms in total. The van der Waals surface area contributed by atoms with Gasteiger partial charge in [-0.15, -0.1) is 11.3 Å². The van der Waals surface area contributed by atoms with Crippen LogP contribution in [0.5, 0.6) is 0 Å². The van der Waals surface area contributed by atoms with Crippen LogP contribution in [-0.2, 0) is 0 Å². The molecule has 11 aromatic carbocycles. The van der Waals surface area contributed by atoms with Crippen LogP contribution in [0.15, 0.2) is 224 Å². The number of anilines is 3. The van der Waals surface area contributed by atoms with Crippen LogP contribution in [-0.4, -0.2) is 0 Å². The van der Waals surface area contributed by atoms with E-state index in [1.54, 1.807) is 0 Å². The Kier molecular flexibility index (Phi) is 8.11. The van der Waals surface area contributed by atoms with Crippen molar-refractivity contribution in [2.75, 3.05) is 4.90 Å². The third kappa shape index (κ3) is 5.53. The predicted octanol–water partition coefficient (Wildman–Crippen LogP) is 17.1. The van der Waals surface area contributed by atoms with Gasteiger partial charge in [0.2, 0.25) is 0 Å². The van der Waals surface area contributed by atoms with E-state index in [0.717, 1.165) is 17.1 Å². The molecule has 0 spiro atoms. The third-order valence-electron chi connectivity index (χ3n) is 12.2. The topological polar surface area (TPSA) is 3.24 Å². The molecule has 12 aromatic rings. The van der Waals surface area contributed by atoms with Crippen molar-refractivity contribution in [2.24, 2.45) is 0 Å². The average molecular weight is 780 g/mol. The zero-order valence-corrected chi connectivity index (χ0v) is 33.5. The number of benzene rings is 11. The van der Waals surface area contributed by atoms with Gasteiger partial charge in [0.15, 0.2) is 0 Å². The van der Waals surface area contributed by atoms with Crippen LogP contribution in [0.1, 0.15) is 0 Å². The summed E-state index contributed by atoms with van der Waals surface area (Å²) in [5.41, 5.74) is 10.7. The molecule has 0 aliphatic rings. The second-order valence-corrected chi connectivity index (χ2v) is 16.6. The van der Waals surface area contributed by atoms with Crippen molar-refractivity contribution in [1.82, 2.24) is 0 Å². The first-order valence-electron chi connectivity index (χ1n) is 20.6. The van der Waals surface area contributed by atoms with E-state index in [9.17, 15) is 0 Å². The molecule has 0 atom stereocenters. The smallest absolute Gasteiger partial charge is 0.0540 e. The maximum Gasteiger partial charge on any atom is 0.0540 e. The Balaban J connectivity index is 1.16. The molecule has 0 fully saturated rings. The summed E-state index contributed by atoms with van der Waals surface area (Å²) in [6, 6.07) is 82.6. The summed E-state index contributed by atoms with van der Waals surface area (Å²) in [5, 5.41) is 12.5. The summed E-state index contributed by atoms with van der Waals surface area (Å²) in [4.78, 5) is 2.48. The fourth-order valence-corrected chi connectivity index (χ4v) is 10.8. The minimum absolute atomic E-state index is 1.10. The normalized spacial score (nSPS) is 11.7. The summed E-state index contributed by atoms with van der Waals surface area (Å²) >= 11 is 1.88. The number of fused-ring (bicyclic) bond motifs is 9. The van der Waals surface area contributed by atoms with Gasteiger partial charge in [-0.1, -0.05) is 188 Å². The van der Waals surface area contributed by atoms with E-state index >= 15 is 0 Å². The molecule has 0 radical (unpaired) electrons. The number of hydrogen-bond donors (Lipinski definition) is 0. The number of thiophene rings is 1. The molecular weight excluding hydrogens is 743 g/mol. The highest BCUT2D eigenvalue weighted by atomic mass is 32.1. The second kappa shape index (κ2) is 14.1. The standard InChI is InChI=1S/C58H37NS/c1-3-17-39(18-4-1)56-51-26-10-9-24-47(51)48-35-33-43(37-53(48)57(56)40-19-5-2-6-20-40)59(54-30-15-28-46-44-23-8-7-16-38(44)32-34-49(46)54)42-22-13-21-41(36-42)45-27-14-29-52-50-25-11-12-31-55(50)60-58(45)52/h1-37H. The van der Waals surface area contributed by atoms with E-state index in [4.69, 9.17) is 0 Å². The molecule has 0 N–H and O–H groups in total. The second-order valence-electron chi connectivity index (χ2n) is 15.6. The van der Waals surface area contributed by atoms with Crippen molar-refractivity contribution in [2.45, 2.75) is 0 Å². The SMILES string of the molecule is c1ccc(-c2c(-c3ccccc3)c3cc(N(c4cccc(-c5cccc6c5sc5ccccc56)c4)c4cccc5c4ccc4ccccc45)ccc3c3ccccc23)cc1. The fraction of sp³-hybridized carbons (Fsp3) is 0. The molecule has 0 saturated carbocycles. The van der Waals surface area contributed by atoms with Gasteiger partial charge in [0.25, 0.3) is 0 Å². The van der Waals surface area contributed by atoms with E-state index in [1.807, 2.05) is 11.3 Å². The molecule has 0 aliphatic heterocycles. The molecule has 280 valence electrons. The Morgan fingerprint density at radius 3 is 1.67 bits per heavy atom. The van der Waals surface area contributed by atoms with Crippen LogP contribution in [0.2, 0.25) is 0 Å². The summed E-state index contributed by atoms with van der Waals surface area (Å²) in [6.07, 6.45) is 0. The van der Waals surface area contributed by atoms with Gasteiger partial charge in [0.1, 0.15) is 0 Å². The highest BCUT2D eigenvalue weighted by Gasteiger charge is 2.22. The van der Waals surface area contributed by atoms with Gasteiger partial charge in [-0.2, -0.15) is 0 Å². The lowest BCUT2D eigenvalue weighted by molar-refractivity contribution is 1.30. The van der Waals surface area contributed by atoms with Crippen LogP contribution in [0.4, 0.5) is 17.1 Å². The molecule has 12 rings (SSSR count). The van der Waals surface area contributed by atoms with Crippen LogP contribution in [0.3, 0.4) is 0 Å². The Morgan fingerprint density at radius 2 is 0.850 bits per heavy atom. The van der Waals surface area contributed by atoms with E-state index in [1.165, 1.54) is 96.6 Å². The molecule has 0 saturated heterocycles. The first-order chi connectivity index (χ1) is 29.8. The van der Waals surface area contributed by atoms with Crippen molar-refractivity contribution in [3.05, 3.63) is 224 Å². The molecule has 0 bridgehead atoms. The van der Waals surface area contributed by atoms with Crippen molar-refractivity contribution in [3.8, 4) is 33.4 Å². The Bertz CT molecular complexity index is 3600. The third-order valence-corrected chi connectivity index (χ3v) is 13.4. The first-order valence-corrected chi connectivity index (χ1v) is 21.4. The van der Waals surface area contributed by atoms with E-state index in [0.29, 0.717) is 0 Å². The lowest BCUT2D eigenvalue weighted by Gasteiger charge is -2.28.